The number of halogens is 1. The molecule has 1 unspecified atom stereocenters. The van der Waals surface area contributed by atoms with E-state index in [1.807, 2.05) is 49.6 Å². The summed E-state index contributed by atoms with van der Waals surface area (Å²) >= 11 is 6.09. The van der Waals surface area contributed by atoms with Gasteiger partial charge in [0.1, 0.15) is 5.75 Å². The van der Waals surface area contributed by atoms with E-state index < -0.39 is 0 Å². The number of ether oxygens (including phenoxy) is 1. The number of amides is 2. The fourth-order valence-electron chi connectivity index (χ4n) is 2.84. The zero-order chi connectivity index (χ0) is 20.1. The Hall–Kier alpha value is -2.80. The van der Waals surface area contributed by atoms with Crippen molar-refractivity contribution in [1.82, 2.24) is 19.9 Å². The van der Waals surface area contributed by atoms with E-state index in [1.54, 1.807) is 18.2 Å². The molecular formula is C20H24ClN5O2. The number of fused-ring (bicyclic) bond motifs is 1. The number of carbonyl (C=O) groups is 1. The van der Waals surface area contributed by atoms with Gasteiger partial charge in [-0.05, 0) is 42.7 Å². The van der Waals surface area contributed by atoms with Gasteiger partial charge in [0.05, 0.1) is 18.3 Å². The monoisotopic (exact) mass is 401 g/mol. The van der Waals surface area contributed by atoms with Gasteiger partial charge in [0, 0.05) is 11.2 Å². The van der Waals surface area contributed by atoms with Crippen molar-refractivity contribution >= 4 is 29.0 Å². The van der Waals surface area contributed by atoms with Gasteiger partial charge in [-0.3, -0.25) is 4.40 Å². The Kier molecular flexibility index (Phi) is 6.36. The number of anilines is 1. The fourth-order valence-corrected chi connectivity index (χ4v) is 3.01. The minimum absolute atomic E-state index is 0.105. The van der Waals surface area contributed by atoms with E-state index in [-0.39, 0.29) is 18.0 Å². The second kappa shape index (κ2) is 8.93. The van der Waals surface area contributed by atoms with Crippen molar-refractivity contribution in [2.45, 2.75) is 33.2 Å². The topological polar surface area (TPSA) is 80.5 Å². The van der Waals surface area contributed by atoms with E-state index in [2.05, 4.69) is 20.8 Å². The lowest BCUT2D eigenvalue weighted by atomic mass is 10.0. The lowest BCUT2D eigenvalue weighted by molar-refractivity contribution is 0.243. The lowest BCUT2D eigenvalue weighted by Crippen LogP contribution is -2.36. The third-order valence-electron chi connectivity index (χ3n) is 4.22. The van der Waals surface area contributed by atoms with Crippen LogP contribution in [0.4, 0.5) is 10.5 Å². The van der Waals surface area contributed by atoms with E-state index in [4.69, 9.17) is 16.3 Å². The maximum Gasteiger partial charge on any atom is 0.319 e. The molecule has 2 amide bonds. The lowest BCUT2D eigenvalue weighted by Gasteiger charge is -2.21. The molecule has 1 atom stereocenters. The quantitative estimate of drug-likeness (QED) is 0.601. The smallest absolute Gasteiger partial charge is 0.319 e. The molecule has 2 aromatic heterocycles. The summed E-state index contributed by atoms with van der Waals surface area (Å²) < 4.78 is 7.57. The van der Waals surface area contributed by atoms with Crippen LogP contribution in [0, 0.1) is 5.92 Å². The van der Waals surface area contributed by atoms with Crippen molar-refractivity contribution in [1.29, 1.82) is 0 Å². The van der Waals surface area contributed by atoms with Crippen LogP contribution in [-0.4, -0.2) is 27.2 Å². The molecular weight excluding hydrogens is 378 g/mol. The third-order valence-corrected chi connectivity index (χ3v) is 4.46. The molecule has 2 N–H and O–H groups in total. The van der Waals surface area contributed by atoms with Gasteiger partial charge in [0.15, 0.2) is 11.5 Å². The number of urea groups is 1. The number of rotatable bonds is 7. The summed E-state index contributed by atoms with van der Waals surface area (Å²) in [6.07, 6.45) is 2.75. The number of aromatic nitrogens is 3. The molecule has 2 heterocycles. The highest BCUT2D eigenvalue weighted by Gasteiger charge is 2.24. The Morgan fingerprint density at radius 2 is 2.07 bits per heavy atom. The van der Waals surface area contributed by atoms with Crippen molar-refractivity contribution in [3.63, 3.8) is 0 Å². The van der Waals surface area contributed by atoms with Crippen LogP contribution in [0.1, 0.15) is 39.1 Å². The number of carbonyl (C=O) groups excluding carboxylic acids is 1. The van der Waals surface area contributed by atoms with E-state index in [1.165, 1.54) is 0 Å². The summed E-state index contributed by atoms with van der Waals surface area (Å²) in [4.78, 5) is 12.7. The first-order valence-corrected chi connectivity index (χ1v) is 9.67. The average molecular weight is 402 g/mol. The second-order valence-corrected chi connectivity index (χ2v) is 7.23. The normalized spacial score (nSPS) is 12.2. The van der Waals surface area contributed by atoms with E-state index in [9.17, 15) is 4.79 Å². The van der Waals surface area contributed by atoms with Gasteiger partial charge < -0.3 is 15.4 Å². The van der Waals surface area contributed by atoms with E-state index in [0.29, 0.717) is 28.9 Å². The van der Waals surface area contributed by atoms with Gasteiger partial charge in [0.2, 0.25) is 0 Å². The van der Waals surface area contributed by atoms with Crippen LogP contribution in [0.15, 0.2) is 42.6 Å². The number of hydrogen-bond acceptors (Lipinski definition) is 4. The van der Waals surface area contributed by atoms with Gasteiger partial charge in [-0.25, -0.2) is 4.79 Å². The van der Waals surface area contributed by atoms with Crippen LogP contribution in [0.25, 0.3) is 5.65 Å². The van der Waals surface area contributed by atoms with Gasteiger partial charge in [0.25, 0.3) is 0 Å². The number of benzene rings is 1. The summed E-state index contributed by atoms with van der Waals surface area (Å²) in [6, 6.07) is 10.1. The van der Waals surface area contributed by atoms with Gasteiger partial charge in [-0.15, -0.1) is 10.2 Å². The first-order chi connectivity index (χ1) is 13.5. The summed E-state index contributed by atoms with van der Waals surface area (Å²) in [7, 11) is 0. The minimum atomic E-state index is -0.366. The molecule has 3 aromatic rings. The van der Waals surface area contributed by atoms with Gasteiger partial charge in [-0.2, -0.15) is 0 Å². The van der Waals surface area contributed by atoms with Crippen LogP contribution < -0.4 is 15.4 Å². The van der Waals surface area contributed by atoms with Crippen molar-refractivity contribution in [2.24, 2.45) is 5.92 Å². The van der Waals surface area contributed by atoms with E-state index >= 15 is 0 Å². The molecule has 0 aliphatic carbocycles. The Labute approximate surface area is 169 Å². The molecule has 0 bridgehead atoms. The highest BCUT2D eigenvalue weighted by molar-refractivity contribution is 6.31. The summed E-state index contributed by atoms with van der Waals surface area (Å²) in [5.41, 5.74) is 1.25. The molecule has 0 aliphatic heterocycles. The number of nitrogens with one attached hydrogen (secondary N) is 2. The number of nitrogens with zero attached hydrogens (tertiary/aromatic N) is 3. The van der Waals surface area contributed by atoms with Crippen LogP contribution in [0.5, 0.6) is 5.75 Å². The van der Waals surface area contributed by atoms with Crippen LogP contribution in [0.2, 0.25) is 5.02 Å². The Morgan fingerprint density at radius 1 is 1.25 bits per heavy atom. The van der Waals surface area contributed by atoms with Crippen LogP contribution in [-0.2, 0) is 0 Å². The molecule has 0 radical (unpaired) electrons. The largest absolute Gasteiger partial charge is 0.491 e. The van der Waals surface area contributed by atoms with E-state index in [0.717, 1.165) is 12.1 Å². The highest BCUT2D eigenvalue weighted by atomic mass is 35.5. The van der Waals surface area contributed by atoms with Crippen molar-refractivity contribution in [3.8, 4) is 5.75 Å². The molecule has 28 heavy (non-hydrogen) atoms. The molecule has 0 fully saturated rings. The standard InChI is InChI=1S/C20H24ClN5O2/c1-4-11-28-16-9-8-14(21)12-15(16)22-20(27)23-18(13(2)3)19-25-24-17-7-5-6-10-26(17)19/h5-10,12-13,18H,4,11H2,1-3H3,(H2,22,23,27). The molecule has 8 heteroatoms. The SMILES string of the molecule is CCCOc1ccc(Cl)cc1NC(=O)NC(c1nnc2ccccn12)C(C)C. The predicted molar refractivity (Wildman–Crippen MR) is 110 cm³/mol. The molecule has 3 rings (SSSR count). The van der Waals surface area contributed by atoms with Crippen molar-refractivity contribution in [3.05, 3.63) is 53.4 Å². The second-order valence-electron chi connectivity index (χ2n) is 6.80. The van der Waals surface area contributed by atoms with Crippen molar-refractivity contribution in [2.75, 3.05) is 11.9 Å². The molecule has 0 saturated carbocycles. The average Bonchev–Trinajstić information content (AvgIpc) is 3.09. The third kappa shape index (κ3) is 4.54. The zero-order valence-corrected chi connectivity index (χ0v) is 16.9. The van der Waals surface area contributed by atoms with Crippen LogP contribution >= 0.6 is 11.6 Å². The Bertz CT molecular complexity index is 957. The zero-order valence-electron chi connectivity index (χ0n) is 16.1. The number of hydrogen-bond donors (Lipinski definition) is 2. The molecule has 1 aromatic carbocycles. The van der Waals surface area contributed by atoms with Gasteiger partial charge >= 0.3 is 6.03 Å². The summed E-state index contributed by atoms with van der Waals surface area (Å²) in [5.74, 6) is 1.36. The Balaban J connectivity index is 1.80. The van der Waals surface area contributed by atoms with Gasteiger partial charge in [-0.1, -0.05) is 38.4 Å². The molecule has 0 saturated heterocycles. The first kappa shape index (κ1) is 19.9. The highest BCUT2D eigenvalue weighted by Crippen LogP contribution is 2.29. The summed E-state index contributed by atoms with van der Waals surface area (Å²) in [5, 5.41) is 14.8. The first-order valence-electron chi connectivity index (χ1n) is 9.29. The maximum atomic E-state index is 12.7. The Morgan fingerprint density at radius 3 is 2.82 bits per heavy atom. The number of pyridine rings is 1. The van der Waals surface area contributed by atoms with Crippen LogP contribution in [0.3, 0.4) is 0 Å². The predicted octanol–water partition coefficient (Wildman–Crippen LogP) is 4.69. The molecule has 0 aliphatic rings. The molecule has 148 valence electrons. The maximum absolute atomic E-state index is 12.7. The minimum Gasteiger partial charge on any atom is -0.491 e. The van der Waals surface area contributed by atoms with Crippen molar-refractivity contribution < 1.29 is 9.53 Å². The molecule has 7 nitrogen and oxygen atoms in total. The fraction of sp³-hybridized carbons (Fsp3) is 0.350. The molecule has 0 spiro atoms. The summed E-state index contributed by atoms with van der Waals surface area (Å²) in [6.45, 7) is 6.61.